The third-order valence-electron chi connectivity index (χ3n) is 2.15. The van der Waals surface area contributed by atoms with Crippen LogP contribution in [-0.2, 0) is 21.4 Å². The molecule has 1 aromatic carbocycles. The van der Waals surface area contributed by atoms with E-state index in [1.165, 1.54) is 7.11 Å². The van der Waals surface area contributed by atoms with E-state index in [4.69, 9.17) is 15.6 Å². The summed E-state index contributed by atoms with van der Waals surface area (Å²) >= 11 is 0. The van der Waals surface area contributed by atoms with Gasteiger partial charge in [-0.2, -0.15) is 0 Å². The van der Waals surface area contributed by atoms with E-state index in [2.05, 4.69) is 4.72 Å². The molecule has 0 spiro atoms. The summed E-state index contributed by atoms with van der Waals surface area (Å²) in [5.41, 5.74) is 6.61. The second-order valence-corrected chi connectivity index (χ2v) is 5.35. The molecule has 0 fully saturated rings. The Morgan fingerprint density at radius 1 is 1.50 bits per heavy atom. The zero-order valence-corrected chi connectivity index (χ0v) is 10.5. The van der Waals surface area contributed by atoms with Crippen molar-refractivity contribution in [3.63, 3.8) is 0 Å². The van der Waals surface area contributed by atoms with E-state index in [9.17, 15) is 13.2 Å². The second kappa shape index (κ2) is 5.69. The van der Waals surface area contributed by atoms with E-state index in [1.807, 2.05) is 0 Å². The first kappa shape index (κ1) is 14.3. The summed E-state index contributed by atoms with van der Waals surface area (Å²) in [6.07, 6.45) is 0. The number of ether oxygens (including phenoxy) is 1. The number of carbonyl (C=O) groups is 1. The van der Waals surface area contributed by atoms with Crippen LogP contribution >= 0.6 is 0 Å². The minimum atomic E-state index is -3.85. The van der Waals surface area contributed by atoms with Crippen LogP contribution in [0.4, 0.5) is 5.69 Å². The number of nitrogens with two attached hydrogens (primary N) is 1. The Balaban J connectivity index is 2.72. The lowest BCUT2D eigenvalue weighted by Crippen LogP contribution is -2.29. The predicted octanol–water partition coefficient (Wildman–Crippen LogP) is -0.219. The molecule has 0 atom stereocenters. The van der Waals surface area contributed by atoms with Crippen molar-refractivity contribution in [2.75, 3.05) is 18.6 Å². The molecule has 18 heavy (non-hydrogen) atoms. The topological polar surface area (TPSA) is 119 Å². The monoisotopic (exact) mass is 274 g/mol. The molecule has 0 unspecified atom stereocenters. The summed E-state index contributed by atoms with van der Waals surface area (Å²) in [4.78, 5) is 10.3. The third-order valence-corrected chi connectivity index (χ3v) is 3.36. The Bertz CT molecular complexity index is 541. The molecule has 0 aliphatic heterocycles. The number of nitrogen functional groups attached to an aromatic ring is 1. The third kappa shape index (κ3) is 4.22. The molecule has 0 saturated carbocycles. The second-order valence-electron chi connectivity index (χ2n) is 3.54. The number of carboxylic acid groups (broad SMARTS) is 1. The number of nitrogens with one attached hydrogen (secondary N) is 1. The van der Waals surface area contributed by atoms with Crippen LogP contribution in [-0.4, -0.2) is 32.4 Å². The Morgan fingerprint density at radius 2 is 2.17 bits per heavy atom. The minimum absolute atomic E-state index is 0.0640. The Labute approximate surface area is 105 Å². The van der Waals surface area contributed by atoms with Gasteiger partial charge in [0, 0.05) is 18.3 Å². The van der Waals surface area contributed by atoms with Gasteiger partial charge in [0.15, 0.2) is 5.75 Å². The van der Waals surface area contributed by atoms with Gasteiger partial charge in [-0.05, 0) is 11.6 Å². The van der Waals surface area contributed by atoms with Gasteiger partial charge in [0.1, 0.15) is 5.75 Å². The molecule has 0 heterocycles. The van der Waals surface area contributed by atoms with Gasteiger partial charge in [-0.25, -0.2) is 13.1 Å². The van der Waals surface area contributed by atoms with Crippen LogP contribution in [0.25, 0.3) is 0 Å². The molecule has 1 aromatic rings. The number of hydrogen-bond donors (Lipinski definition) is 3. The van der Waals surface area contributed by atoms with Gasteiger partial charge in [-0.3, -0.25) is 4.79 Å². The van der Waals surface area contributed by atoms with E-state index < -0.39 is 21.7 Å². The van der Waals surface area contributed by atoms with Crippen molar-refractivity contribution in [2.45, 2.75) is 6.54 Å². The van der Waals surface area contributed by atoms with Crippen LogP contribution in [0.3, 0.4) is 0 Å². The molecule has 0 radical (unpaired) electrons. The van der Waals surface area contributed by atoms with Crippen molar-refractivity contribution >= 4 is 21.7 Å². The first-order chi connectivity index (χ1) is 8.34. The van der Waals surface area contributed by atoms with Crippen molar-refractivity contribution in [1.29, 1.82) is 0 Å². The molecule has 100 valence electrons. The van der Waals surface area contributed by atoms with Gasteiger partial charge < -0.3 is 15.6 Å². The van der Waals surface area contributed by atoms with Gasteiger partial charge in [0.05, 0.1) is 7.11 Å². The van der Waals surface area contributed by atoms with Crippen LogP contribution < -0.4 is 15.2 Å². The number of rotatable bonds is 6. The number of carboxylic acids is 1. The molecular formula is C10H14N2O5S. The van der Waals surface area contributed by atoms with Gasteiger partial charge in [0.2, 0.25) is 10.0 Å². The predicted molar refractivity (Wildman–Crippen MR) is 65.7 cm³/mol. The number of benzene rings is 1. The Morgan fingerprint density at radius 3 is 2.67 bits per heavy atom. The standard InChI is InChI=1S/C10H14N2O5S/c1-17-8-3-2-7(9(11)4-8)5-12-18(15,16)6-10(13)14/h2-4,12H,5-6,11H2,1H3,(H,13,14). The molecule has 0 amide bonds. The number of aliphatic carboxylic acids is 1. The summed E-state index contributed by atoms with van der Waals surface area (Å²) in [5, 5.41) is 8.41. The lowest BCUT2D eigenvalue weighted by molar-refractivity contribution is -0.134. The fourth-order valence-corrected chi connectivity index (χ4v) is 2.06. The summed E-state index contributed by atoms with van der Waals surface area (Å²) < 4.78 is 29.7. The lowest BCUT2D eigenvalue weighted by Gasteiger charge is -2.09. The summed E-state index contributed by atoms with van der Waals surface area (Å²) in [6.45, 7) is -0.0640. The molecule has 1 rings (SSSR count). The van der Waals surface area contributed by atoms with Crippen LogP contribution in [0.1, 0.15) is 5.56 Å². The van der Waals surface area contributed by atoms with E-state index in [0.29, 0.717) is 17.0 Å². The highest BCUT2D eigenvalue weighted by atomic mass is 32.2. The van der Waals surface area contributed by atoms with Crippen LogP contribution in [0.2, 0.25) is 0 Å². The van der Waals surface area contributed by atoms with Gasteiger partial charge >= 0.3 is 5.97 Å². The number of hydrogen-bond acceptors (Lipinski definition) is 5. The summed E-state index contributed by atoms with van der Waals surface area (Å²) in [7, 11) is -2.36. The number of anilines is 1. The highest BCUT2D eigenvalue weighted by Gasteiger charge is 2.15. The van der Waals surface area contributed by atoms with E-state index >= 15 is 0 Å². The molecule has 0 bridgehead atoms. The zero-order valence-electron chi connectivity index (χ0n) is 9.71. The molecule has 8 heteroatoms. The molecule has 0 saturated heterocycles. The van der Waals surface area contributed by atoms with Crippen molar-refractivity contribution in [2.24, 2.45) is 0 Å². The van der Waals surface area contributed by atoms with Crippen molar-refractivity contribution in [1.82, 2.24) is 4.72 Å². The van der Waals surface area contributed by atoms with E-state index in [1.54, 1.807) is 18.2 Å². The zero-order chi connectivity index (χ0) is 13.8. The highest BCUT2D eigenvalue weighted by Crippen LogP contribution is 2.19. The maximum atomic E-state index is 11.3. The van der Waals surface area contributed by atoms with Crippen molar-refractivity contribution in [3.05, 3.63) is 23.8 Å². The maximum absolute atomic E-state index is 11.3. The largest absolute Gasteiger partial charge is 0.497 e. The average Bonchev–Trinajstić information content (AvgIpc) is 2.25. The van der Waals surface area contributed by atoms with Crippen LogP contribution in [0.5, 0.6) is 5.75 Å². The number of methoxy groups -OCH3 is 1. The first-order valence-corrected chi connectivity index (χ1v) is 6.61. The highest BCUT2D eigenvalue weighted by molar-refractivity contribution is 7.90. The molecule has 0 aliphatic rings. The molecule has 7 nitrogen and oxygen atoms in total. The van der Waals surface area contributed by atoms with Crippen LogP contribution in [0.15, 0.2) is 18.2 Å². The van der Waals surface area contributed by atoms with Gasteiger partial charge in [-0.15, -0.1) is 0 Å². The smallest absolute Gasteiger partial charge is 0.320 e. The summed E-state index contributed by atoms with van der Waals surface area (Å²) in [6, 6.07) is 4.80. The fourth-order valence-electron chi connectivity index (χ4n) is 1.26. The summed E-state index contributed by atoms with van der Waals surface area (Å²) in [5.74, 6) is -1.82. The van der Waals surface area contributed by atoms with Crippen molar-refractivity contribution in [3.8, 4) is 5.75 Å². The van der Waals surface area contributed by atoms with E-state index in [-0.39, 0.29) is 6.54 Å². The normalized spacial score (nSPS) is 11.2. The van der Waals surface area contributed by atoms with Crippen molar-refractivity contribution < 1.29 is 23.1 Å². The lowest BCUT2D eigenvalue weighted by atomic mass is 10.2. The van der Waals surface area contributed by atoms with Crippen LogP contribution in [0, 0.1) is 0 Å². The van der Waals surface area contributed by atoms with Gasteiger partial charge in [-0.1, -0.05) is 6.07 Å². The Hall–Kier alpha value is -1.80. The quantitative estimate of drug-likeness (QED) is 0.617. The maximum Gasteiger partial charge on any atom is 0.320 e. The average molecular weight is 274 g/mol. The molecule has 0 aliphatic carbocycles. The SMILES string of the molecule is COc1ccc(CNS(=O)(=O)CC(=O)O)c(N)c1. The molecule has 0 aromatic heterocycles. The Kier molecular flexibility index (Phi) is 4.51. The minimum Gasteiger partial charge on any atom is -0.497 e. The first-order valence-electron chi connectivity index (χ1n) is 4.95. The fraction of sp³-hybridized carbons (Fsp3) is 0.300. The molecular weight excluding hydrogens is 260 g/mol. The number of sulfonamides is 1. The van der Waals surface area contributed by atoms with Gasteiger partial charge in [0.25, 0.3) is 0 Å². The molecule has 4 N–H and O–H groups in total. The van der Waals surface area contributed by atoms with E-state index in [0.717, 1.165) is 0 Å².